The zero-order valence-corrected chi connectivity index (χ0v) is 8.81. The van der Waals surface area contributed by atoms with E-state index >= 15 is 0 Å². The lowest BCUT2D eigenvalue weighted by Gasteiger charge is -2.08. The summed E-state index contributed by atoms with van der Waals surface area (Å²) in [6, 6.07) is 0. The van der Waals surface area contributed by atoms with Crippen LogP contribution in [-0.4, -0.2) is 30.4 Å². The topological polar surface area (TPSA) is 9.23 Å². The number of ether oxygens (including phenoxy) is 1. The van der Waals surface area contributed by atoms with E-state index in [9.17, 15) is 13.2 Å². The van der Waals surface area contributed by atoms with Crippen LogP contribution in [0.1, 0.15) is 12.8 Å². The van der Waals surface area contributed by atoms with Gasteiger partial charge in [0, 0.05) is 12.9 Å². The maximum atomic E-state index is 11.6. The molecule has 0 aliphatic rings. The third-order valence-electron chi connectivity index (χ3n) is 1.27. The van der Waals surface area contributed by atoms with Gasteiger partial charge in [0.05, 0.1) is 12.0 Å². The number of halogens is 4. The van der Waals surface area contributed by atoms with Gasteiger partial charge in [-0.2, -0.15) is 13.2 Å². The molecule has 0 saturated carbocycles. The van der Waals surface area contributed by atoms with E-state index in [1.807, 2.05) is 0 Å². The number of hydrogen-bond acceptors (Lipinski definition) is 2. The van der Waals surface area contributed by atoms with Crippen LogP contribution in [0.5, 0.6) is 0 Å². The molecule has 0 radical (unpaired) electrons. The van der Waals surface area contributed by atoms with E-state index in [0.29, 0.717) is 19.4 Å². The zero-order chi connectivity index (χ0) is 10.3. The van der Waals surface area contributed by atoms with Crippen LogP contribution >= 0.6 is 23.4 Å². The van der Waals surface area contributed by atoms with Crippen molar-refractivity contribution in [1.82, 2.24) is 0 Å². The standard InChI is InChI=1S/C7H12ClF3OS/c1-12-5-6(8)3-2-4-13-7(9,10)11/h6H,2-5H2,1H3. The third-order valence-corrected chi connectivity index (χ3v) is 2.44. The molecule has 6 heteroatoms. The number of alkyl halides is 4. The fourth-order valence-corrected chi connectivity index (χ4v) is 1.58. The minimum absolute atomic E-state index is 0.00582. The van der Waals surface area contributed by atoms with Crippen molar-refractivity contribution >= 4 is 23.4 Å². The summed E-state index contributed by atoms with van der Waals surface area (Å²) in [6.07, 6.45) is 1.01. The Morgan fingerprint density at radius 1 is 1.46 bits per heavy atom. The minimum Gasteiger partial charge on any atom is -0.383 e. The van der Waals surface area contributed by atoms with Crippen LogP contribution in [0.25, 0.3) is 0 Å². The molecule has 0 N–H and O–H groups in total. The average Bonchev–Trinajstić information content (AvgIpc) is 1.97. The van der Waals surface area contributed by atoms with Gasteiger partial charge in [-0.15, -0.1) is 11.6 Å². The van der Waals surface area contributed by atoms with Crippen LogP contribution in [0.3, 0.4) is 0 Å². The molecule has 13 heavy (non-hydrogen) atoms. The monoisotopic (exact) mass is 236 g/mol. The van der Waals surface area contributed by atoms with E-state index in [0.717, 1.165) is 0 Å². The second-order valence-electron chi connectivity index (χ2n) is 2.49. The smallest absolute Gasteiger partial charge is 0.383 e. The highest BCUT2D eigenvalue weighted by Gasteiger charge is 2.27. The first kappa shape index (κ1) is 13.4. The number of hydrogen-bond donors (Lipinski definition) is 0. The number of thioether (sulfide) groups is 1. The summed E-state index contributed by atoms with van der Waals surface area (Å²) in [6.45, 7) is 0.387. The summed E-state index contributed by atoms with van der Waals surface area (Å²) in [5.41, 5.74) is -4.12. The first-order valence-electron chi connectivity index (χ1n) is 3.79. The molecule has 0 aliphatic heterocycles. The van der Waals surface area contributed by atoms with Crippen LogP contribution < -0.4 is 0 Å². The van der Waals surface area contributed by atoms with Crippen molar-refractivity contribution in [3.63, 3.8) is 0 Å². The van der Waals surface area contributed by atoms with E-state index in [1.165, 1.54) is 7.11 Å². The summed E-state index contributed by atoms with van der Waals surface area (Å²) in [4.78, 5) is 0. The molecule has 1 nitrogen and oxygen atoms in total. The maximum absolute atomic E-state index is 11.6. The van der Waals surface area contributed by atoms with Crippen LogP contribution in [-0.2, 0) is 4.74 Å². The molecule has 0 spiro atoms. The molecular formula is C7H12ClF3OS. The zero-order valence-electron chi connectivity index (χ0n) is 7.23. The van der Waals surface area contributed by atoms with E-state index in [2.05, 4.69) is 0 Å². The van der Waals surface area contributed by atoms with Crippen molar-refractivity contribution < 1.29 is 17.9 Å². The molecule has 0 aromatic carbocycles. The summed E-state index contributed by atoms with van der Waals surface area (Å²) in [5, 5.41) is -0.182. The molecule has 0 bridgehead atoms. The molecule has 0 amide bonds. The van der Waals surface area contributed by atoms with Gasteiger partial charge in [0.15, 0.2) is 0 Å². The van der Waals surface area contributed by atoms with Gasteiger partial charge in [0.25, 0.3) is 0 Å². The van der Waals surface area contributed by atoms with Gasteiger partial charge in [-0.25, -0.2) is 0 Å². The largest absolute Gasteiger partial charge is 0.441 e. The average molecular weight is 237 g/mol. The Balaban J connectivity index is 3.25. The lowest BCUT2D eigenvalue weighted by Crippen LogP contribution is -2.08. The fraction of sp³-hybridized carbons (Fsp3) is 1.00. The normalized spacial score (nSPS) is 14.5. The van der Waals surface area contributed by atoms with Crippen LogP contribution in [0, 0.1) is 0 Å². The van der Waals surface area contributed by atoms with Crippen molar-refractivity contribution in [2.45, 2.75) is 23.7 Å². The third kappa shape index (κ3) is 10.3. The molecule has 0 aromatic rings. The Morgan fingerprint density at radius 2 is 2.08 bits per heavy atom. The van der Waals surface area contributed by atoms with Gasteiger partial charge in [-0.3, -0.25) is 0 Å². The SMILES string of the molecule is COCC(Cl)CCCSC(F)(F)F. The summed E-state index contributed by atoms with van der Waals surface area (Å²) in [7, 11) is 1.51. The summed E-state index contributed by atoms with van der Waals surface area (Å²) in [5.74, 6) is 0.0659. The van der Waals surface area contributed by atoms with Gasteiger partial charge in [0.2, 0.25) is 0 Å². The summed E-state index contributed by atoms with van der Waals surface area (Å²) >= 11 is 5.71. The Kier molecular flexibility index (Phi) is 6.99. The van der Waals surface area contributed by atoms with Gasteiger partial charge in [-0.05, 0) is 12.8 Å². The minimum atomic E-state index is -4.12. The predicted octanol–water partition coefficient (Wildman–Crippen LogP) is 3.27. The predicted molar refractivity (Wildman–Crippen MR) is 49.3 cm³/mol. The highest BCUT2D eigenvalue weighted by molar-refractivity contribution is 8.00. The Hall–Kier alpha value is 0.390. The summed E-state index contributed by atoms with van der Waals surface area (Å²) < 4.78 is 39.6. The Labute approximate surface area is 85.0 Å². The lowest BCUT2D eigenvalue weighted by atomic mass is 10.2. The fourth-order valence-electron chi connectivity index (χ4n) is 0.757. The number of methoxy groups -OCH3 is 1. The lowest BCUT2D eigenvalue weighted by molar-refractivity contribution is -0.0328. The quantitative estimate of drug-likeness (QED) is 0.517. The first-order valence-corrected chi connectivity index (χ1v) is 5.21. The van der Waals surface area contributed by atoms with Crippen LogP contribution in [0.4, 0.5) is 13.2 Å². The molecule has 0 fully saturated rings. The molecule has 80 valence electrons. The molecule has 0 aliphatic carbocycles. The van der Waals surface area contributed by atoms with Crippen molar-refractivity contribution in [3.05, 3.63) is 0 Å². The van der Waals surface area contributed by atoms with E-state index in [-0.39, 0.29) is 22.9 Å². The van der Waals surface area contributed by atoms with Crippen molar-refractivity contribution in [3.8, 4) is 0 Å². The van der Waals surface area contributed by atoms with Gasteiger partial charge < -0.3 is 4.74 Å². The van der Waals surface area contributed by atoms with Gasteiger partial charge in [0.1, 0.15) is 0 Å². The van der Waals surface area contributed by atoms with Crippen LogP contribution in [0.15, 0.2) is 0 Å². The molecule has 0 saturated heterocycles. The van der Waals surface area contributed by atoms with Gasteiger partial charge in [-0.1, -0.05) is 11.8 Å². The van der Waals surface area contributed by atoms with Gasteiger partial charge >= 0.3 is 5.51 Å². The maximum Gasteiger partial charge on any atom is 0.441 e. The van der Waals surface area contributed by atoms with Crippen molar-refractivity contribution in [2.75, 3.05) is 19.5 Å². The second-order valence-corrected chi connectivity index (χ2v) is 4.27. The molecule has 0 rings (SSSR count). The Bertz CT molecular complexity index is 131. The van der Waals surface area contributed by atoms with E-state index in [4.69, 9.17) is 16.3 Å². The Morgan fingerprint density at radius 3 is 2.54 bits per heavy atom. The highest BCUT2D eigenvalue weighted by atomic mass is 35.5. The van der Waals surface area contributed by atoms with Crippen molar-refractivity contribution in [1.29, 1.82) is 0 Å². The number of rotatable bonds is 6. The van der Waals surface area contributed by atoms with Crippen LogP contribution in [0.2, 0.25) is 0 Å². The molecule has 0 aromatic heterocycles. The molecule has 0 heterocycles. The molecular weight excluding hydrogens is 225 g/mol. The van der Waals surface area contributed by atoms with E-state index in [1.54, 1.807) is 0 Å². The van der Waals surface area contributed by atoms with E-state index < -0.39 is 5.51 Å². The first-order chi connectivity index (χ1) is 5.95. The molecule has 1 unspecified atom stereocenters. The molecule has 1 atom stereocenters. The second kappa shape index (κ2) is 6.79. The van der Waals surface area contributed by atoms with Crippen molar-refractivity contribution in [2.24, 2.45) is 0 Å². The highest BCUT2D eigenvalue weighted by Crippen LogP contribution is 2.30.